The lowest BCUT2D eigenvalue weighted by Crippen LogP contribution is -2.23. The highest BCUT2D eigenvalue weighted by Gasteiger charge is 2.14. The summed E-state index contributed by atoms with van der Waals surface area (Å²) in [6.07, 6.45) is 1.45. The van der Waals surface area contributed by atoms with Gasteiger partial charge in [-0.3, -0.25) is 5.84 Å². The highest BCUT2D eigenvalue weighted by molar-refractivity contribution is 7.89. The first-order valence-corrected chi connectivity index (χ1v) is 6.56. The van der Waals surface area contributed by atoms with Gasteiger partial charge in [0.15, 0.2) is 5.76 Å². The summed E-state index contributed by atoms with van der Waals surface area (Å²) in [6, 6.07) is 7.64. The Morgan fingerprint density at radius 1 is 1.22 bits per heavy atom. The first kappa shape index (κ1) is 12.6. The second kappa shape index (κ2) is 5.17. The molecule has 0 atom stereocenters. The van der Waals surface area contributed by atoms with Crippen LogP contribution in [0, 0.1) is 0 Å². The number of aromatic nitrogens is 1. The molecular weight excluding hydrogens is 256 g/mol. The Bertz CT molecular complexity index is 593. The summed E-state index contributed by atoms with van der Waals surface area (Å²) < 4.78 is 31.0. The minimum Gasteiger partial charge on any atom is -0.360 e. The summed E-state index contributed by atoms with van der Waals surface area (Å²) >= 11 is 0. The van der Waals surface area contributed by atoms with Crippen LogP contribution in [0.5, 0.6) is 0 Å². The summed E-state index contributed by atoms with van der Waals surface area (Å²) in [7, 11) is -3.57. The Morgan fingerprint density at radius 2 is 1.94 bits per heavy atom. The van der Waals surface area contributed by atoms with Gasteiger partial charge in [0.05, 0.1) is 17.6 Å². The molecule has 7 nitrogen and oxygen atoms in total. The Balaban J connectivity index is 2.09. The van der Waals surface area contributed by atoms with Crippen molar-refractivity contribution in [2.75, 3.05) is 5.43 Å². The summed E-state index contributed by atoms with van der Waals surface area (Å²) in [4.78, 5) is 0.154. The van der Waals surface area contributed by atoms with Crippen LogP contribution >= 0.6 is 0 Å². The van der Waals surface area contributed by atoms with E-state index in [-0.39, 0.29) is 11.4 Å². The van der Waals surface area contributed by atoms with E-state index in [0.29, 0.717) is 11.4 Å². The van der Waals surface area contributed by atoms with Crippen molar-refractivity contribution >= 4 is 15.7 Å². The normalized spacial score (nSPS) is 11.4. The second-order valence-electron chi connectivity index (χ2n) is 3.47. The lowest BCUT2D eigenvalue weighted by atomic mass is 10.3. The Hall–Kier alpha value is -1.90. The van der Waals surface area contributed by atoms with E-state index in [1.54, 1.807) is 18.2 Å². The number of hydrogen-bond acceptors (Lipinski definition) is 6. The number of hydrazine groups is 1. The Labute approximate surface area is 104 Å². The van der Waals surface area contributed by atoms with Crippen molar-refractivity contribution in [2.45, 2.75) is 11.4 Å². The van der Waals surface area contributed by atoms with Crippen LogP contribution in [-0.2, 0) is 16.6 Å². The SMILES string of the molecule is NNc1ccc(S(=O)(=O)NCc2ccno2)cc1. The van der Waals surface area contributed by atoms with E-state index >= 15 is 0 Å². The molecule has 8 heteroatoms. The number of nitrogen functional groups attached to an aromatic ring is 1. The van der Waals surface area contributed by atoms with Gasteiger partial charge in [0, 0.05) is 11.8 Å². The highest BCUT2D eigenvalue weighted by Crippen LogP contribution is 2.13. The van der Waals surface area contributed by atoms with Crippen molar-refractivity contribution in [2.24, 2.45) is 5.84 Å². The van der Waals surface area contributed by atoms with Gasteiger partial charge in [-0.15, -0.1) is 0 Å². The van der Waals surface area contributed by atoms with Gasteiger partial charge in [-0.25, -0.2) is 13.1 Å². The molecule has 4 N–H and O–H groups in total. The molecule has 2 aromatic rings. The smallest absolute Gasteiger partial charge is 0.240 e. The van der Waals surface area contributed by atoms with Crippen LogP contribution in [-0.4, -0.2) is 13.6 Å². The third kappa shape index (κ3) is 2.86. The van der Waals surface area contributed by atoms with Gasteiger partial charge in [0.25, 0.3) is 0 Å². The molecule has 0 saturated carbocycles. The summed E-state index contributed by atoms with van der Waals surface area (Å²) in [5, 5.41) is 3.49. The monoisotopic (exact) mass is 268 g/mol. The minimum absolute atomic E-state index is 0.0548. The van der Waals surface area contributed by atoms with E-state index in [9.17, 15) is 8.42 Å². The molecule has 1 aromatic carbocycles. The minimum atomic E-state index is -3.57. The number of nitrogens with one attached hydrogen (secondary N) is 2. The lowest BCUT2D eigenvalue weighted by Gasteiger charge is -2.06. The first-order valence-electron chi connectivity index (χ1n) is 5.08. The predicted octanol–water partition coefficient (Wildman–Crippen LogP) is 0.439. The summed E-state index contributed by atoms with van der Waals surface area (Å²) in [5.74, 6) is 5.64. The van der Waals surface area contributed by atoms with Gasteiger partial charge in [0.1, 0.15) is 0 Å². The van der Waals surface area contributed by atoms with Crippen molar-refractivity contribution in [3.05, 3.63) is 42.3 Å². The molecule has 0 saturated heterocycles. The van der Waals surface area contributed by atoms with Crippen molar-refractivity contribution < 1.29 is 12.9 Å². The maximum atomic E-state index is 11.9. The number of sulfonamides is 1. The van der Waals surface area contributed by atoms with Crippen LogP contribution < -0.4 is 16.0 Å². The summed E-state index contributed by atoms with van der Waals surface area (Å²) in [6.45, 7) is 0.0548. The molecule has 0 aliphatic heterocycles. The van der Waals surface area contributed by atoms with Crippen LogP contribution in [0.4, 0.5) is 5.69 Å². The molecule has 0 aliphatic rings. The molecule has 0 unspecified atom stereocenters. The van der Waals surface area contributed by atoms with E-state index in [1.807, 2.05) is 0 Å². The van der Waals surface area contributed by atoms with Gasteiger partial charge in [-0.2, -0.15) is 0 Å². The van der Waals surface area contributed by atoms with E-state index in [2.05, 4.69) is 15.3 Å². The number of nitrogens with two attached hydrogens (primary N) is 1. The van der Waals surface area contributed by atoms with Crippen molar-refractivity contribution in [3.8, 4) is 0 Å². The Kier molecular flexibility index (Phi) is 3.60. The van der Waals surface area contributed by atoms with E-state index in [0.717, 1.165) is 0 Å². The fourth-order valence-electron chi connectivity index (χ4n) is 1.31. The number of hydrogen-bond donors (Lipinski definition) is 3. The summed E-state index contributed by atoms with van der Waals surface area (Å²) in [5.41, 5.74) is 3.05. The first-order chi connectivity index (χ1) is 8.62. The number of nitrogens with zero attached hydrogens (tertiary/aromatic N) is 1. The van der Waals surface area contributed by atoms with E-state index in [1.165, 1.54) is 18.3 Å². The van der Waals surface area contributed by atoms with Crippen LogP contribution in [0.2, 0.25) is 0 Å². The molecule has 0 spiro atoms. The lowest BCUT2D eigenvalue weighted by molar-refractivity contribution is 0.380. The van der Waals surface area contributed by atoms with Gasteiger partial charge < -0.3 is 9.95 Å². The molecule has 18 heavy (non-hydrogen) atoms. The largest absolute Gasteiger partial charge is 0.360 e. The van der Waals surface area contributed by atoms with Crippen LogP contribution in [0.3, 0.4) is 0 Å². The number of benzene rings is 1. The fourth-order valence-corrected chi connectivity index (χ4v) is 2.31. The molecule has 96 valence electrons. The zero-order valence-corrected chi connectivity index (χ0v) is 10.1. The molecule has 1 heterocycles. The maximum absolute atomic E-state index is 11.9. The zero-order chi connectivity index (χ0) is 13.0. The number of rotatable bonds is 5. The third-order valence-corrected chi connectivity index (χ3v) is 3.68. The third-order valence-electron chi connectivity index (χ3n) is 2.26. The van der Waals surface area contributed by atoms with Gasteiger partial charge in [-0.1, -0.05) is 5.16 Å². The topological polar surface area (TPSA) is 110 Å². The molecule has 0 bridgehead atoms. The van der Waals surface area contributed by atoms with Crippen LogP contribution in [0.1, 0.15) is 5.76 Å². The predicted molar refractivity (Wildman–Crippen MR) is 64.8 cm³/mol. The average Bonchev–Trinajstić information content (AvgIpc) is 2.90. The molecule has 2 rings (SSSR count). The number of anilines is 1. The molecule has 0 aliphatic carbocycles. The van der Waals surface area contributed by atoms with E-state index in [4.69, 9.17) is 10.4 Å². The molecule has 0 amide bonds. The van der Waals surface area contributed by atoms with Crippen LogP contribution in [0.15, 0.2) is 45.9 Å². The maximum Gasteiger partial charge on any atom is 0.240 e. The van der Waals surface area contributed by atoms with Crippen molar-refractivity contribution in [3.63, 3.8) is 0 Å². The fraction of sp³-hybridized carbons (Fsp3) is 0.100. The van der Waals surface area contributed by atoms with Crippen molar-refractivity contribution in [1.29, 1.82) is 0 Å². The molecule has 0 fully saturated rings. The van der Waals surface area contributed by atoms with E-state index < -0.39 is 10.0 Å². The zero-order valence-electron chi connectivity index (χ0n) is 9.33. The highest BCUT2D eigenvalue weighted by atomic mass is 32.2. The van der Waals surface area contributed by atoms with Crippen molar-refractivity contribution in [1.82, 2.24) is 9.88 Å². The second-order valence-corrected chi connectivity index (χ2v) is 5.24. The molecule has 1 aromatic heterocycles. The quantitative estimate of drug-likeness (QED) is 0.536. The van der Waals surface area contributed by atoms with Crippen LogP contribution in [0.25, 0.3) is 0 Å². The molecular formula is C10H12N4O3S. The standard InChI is InChI=1S/C10H12N4O3S/c11-14-8-1-3-10(4-2-8)18(15,16)13-7-9-5-6-12-17-9/h1-6,13-14H,7,11H2. The van der Waals surface area contributed by atoms with Gasteiger partial charge >= 0.3 is 0 Å². The van der Waals surface area contributed by atoms with Gasteiger partial charge in [0.2, 0.25) is 10.0 Å². The average molecular weight is 268 g/mol. The van der Waals surface area contributed by atoms with Gasteiger partial charge in [-0.05, 0) is 24.3 Å². The Morgan fingerprint density at radius 3 is 2.50 bits per heavy atom. The molecule has 0 radical (unpaired) electrons.